The molecule has 0 saturated heterocycles. The van der Waals surface area contributed by atoms with E-state index in [1.807, 2.05) is 26.0 Å². The van der Waals surface area contributed by atoms with E-state index in [1.54, 1.807) is 12.5 Å². The molecule has 0 heterocycles. The summed E-state index contributed by atoms with van der Waals surface area (Å²) in [5, 5.41) is 0. The molecule has 0 aromatic heterocycles. The van der Waals surface area contributed by atoms with Crippen molar-refractivity contribution in [3.63, 3.8) is 0 Å². The predicted molar refractivity (Wildman–Crippen MR) is 69.2 cm³/mol. The highest BCUT2D eigenvalue weighted by molar-refractivity contribution is 4.65. The summed E-state index contributed by atoms with van der Waals surface area (Å²) in [4.78, 5) is 0. The van der Waals surface area contributed by atoms with Crippen molar-refractivity contribution in [1.29, 1.82) is 0 Å². The van der Waals surface area contributed by atoms with Gasteiger partial charge in [-0.15, -0.1) is 0 Å². The molecule has 0 aliphatic heterocycles. The van der Waals surface area contributed by atoms with Gasteiger partial charge in [-0.25, -0.2) is 0 Å². The quantitative estimate of drug-likeness (QED) is 0.383. The molecular weight excluding hydrogens is 200 g/mol. The van der Waals surface area contributed by atoms with Gasteiger partial charge in [-0.2, -0.15) is 0 Å². The van der Waals surface area contributed by atoms with Gasteiger partial charge in [-0.3, -0.25) is 0 Å². The van der Waals surface area contributed by atoms with Gasteiger partial charge in [0.25, 0.3) is 0 Å². The molecule has 0 rings (SSSR count). The molecule has 0 aliphatic carbocycles. The Kier molecular flexibility index (Phi) is 13.3. The van der Waals surface area contributed by atoms with Crippen LogP contribution in [-0.4, -0.2) is 13.2 Å². The molecule has 16 heavy (non-hydrogen) atoms. The van der Waals surface area contributed by atoms with Crippen molar-refractivity contribution in [2.45, 2.75) is 52.4 Å². The Morgan fingerprint density at radius 2 is 1.00 bits per heavy atom. The minimum absolute atomic E-state index is 0.856. The molecule has 0 aromatic carbocycles. The first kappa shape index (κ1) is 15.1. The Morgan fingerprint density at radius 1 is 0.625 bits per heavy atom. The summed E-state index contributed by atoms with van der Waals surface area (Å²) in [5.41, 5.74) is 0. The second-order valence-electron chi connectivity index (χ2n) is 3.80. The highest BCUT2D eigenvalue weighted by atomic mass is 16.5. The van der Waals surface area contributed by atoms with Crippen molar-refractivity contribution in [1.82, 2.24) is 0 Å². The summed E-state index contributed by atoms with van der Waals surface area (Å²) in [6.07, 6.45) is 14.9. The monoisotopic (exact) mass is 226 g/mol. The Morgan fingerprint density at radius 3 is 1.38 bits per heavy atom. The van der Waals surface area contributed by atoms with E-state index in [-0.39, 0.29) is 0 Å². The van der Waals surface area contributed by atoms with Gasteiger partial charge in [-0.05, 0) is 26.7 Å². The average molecular weight is 226 g/mol. The van der Waals surface area contributed by atoms with Crippen LogP contribution < -0.4 is 0 Å². The molecule has 0 aliphatic rings. The number of unbranched alkanes of at least 4 members (excludes halogenated alkanes) is 5. The Labute approximate surface area is 100 Å². The highest BCUT2D eigenvalue weighted by Gasteiger charge is 1.91. The summed E-state index contributed by atoms with van der Waals surface area (Å²) in [6, 6.07) is 0. The average Bonchev–Trinajstić information content (AvgIpc) is 2.31. The largest absolute Gasteiger partial charge is 0.502 e. The first-order valence-electron chi connectivity index (χ1n) is 6.37. The third-order valence-electron chi connectivity index (χ3n) is 2.24. The molecule has 0 bridgehead atoms. The topological polar surface area (TPSA) is 18.5 Å². The van der Waals surface area contributed by atoms with Gasteiger partial charge in [0.2, 0.25) is 0 Å². The zero-order valence-electron chi connectivity index (χ0n) is 10.8. The van der Waals surface area contributed by atoms with Crippen LogP contribution >= 0.6 is 0 Å². The maximum absolute atomic E-state index is 5.25. The van der Waals surface area contributed by atoms with Crippen LogP contribution in [0.4, 0.5) is 0 Å². The Bertz CT molecular complexity index is 154. The Hall–Kier alpha value is -0.920. The zero-order chi connectivity index (χ0) is 11.9. The van der Waals surface area contributed by atoms with Crippen LogP contribution in [0.3, 0.4) is 0 Å². The fourth-order valence-corrected chi connectivity index (χ4v) is 1.41. The summed E-state index contributed by atoms with van der Waals surface area (Å²) >= 11 is 0. The van der Waals surface area contributed by atoms with Crippen molar-refractivity contribution in [3.05, 3.63) is 24.7 Å². The number of allylic oxidation sites excluding steroid dienone is 2. The number of ether oxygens (including phenoxy) is 2. The fraction of sp³-hybridized carbons (Fsp3) is 0.714. The van der Waals surface area contributed by atoms with Gasteiger partial charge in [0.05, 0.1) is 25.7 Å². The Balaban J connectivity index is 2.93. The number of hydrogen-bond acceptors (Lipinski definition) is 2. The SMILES string of the molecule is CC=COCCCCCCCCOC=CC. The summed E-state index contributed by atoms with van der Waals surface area (Å²) in [6.45, 7) is 5.65. The van der Waals surface area contributed by atoms with Gasteiger partial charge in [0.15, 0.2) is 0 Å². The fourth-order valence-electron chi connectivity index (χ4n) is 1.41. The van der Waals surface area contributed by atoms with Crippen LogP contribution in [-0.2, 0) is 9.47 Å². The third-order valence-corrected chi connectivity index (χ3v) is 2.24. The van der Waals surface area contributed by atoms with Crippen LogP contribution in [0.25, 0.3) is 0 Å². The predicted octanol–water partition coefficient (Wildman–Crippen LogP) is 4.43. The molecular formula is C14H26O2. The molecule has 2 heteroatoms. The molecule has 0 radical (unpaired) electrons. The van der Waals surface area contributed by atoms with Gasteiger partial charge < -0.3 is 9.47 Å². The van der Waals surface area contributed by atoms with E-state index < -0.39 is 0 Å². The number of hydrogen-bond donors (Lipinski definition) is 0. The third kappa shape index (κ3) is 13.1. The first-order valence-corrected chi connectivity index (χ1v) is 6.37. The van der Waals surface area contributed by atoms with E-state index in [2.05, 4.69) is 0 Å². The van der Waals surface area contributed by atoms with Gasteiger partial charge in [-0.1, -0.05) is 37.8 Å². The normalized spacial score (nSPS) is 11.4. The molecule has 0 amide bonds. The van der Waals surface area contributed by atoms with Crippen LogP contribution in [0.1, 0.15) is 52.4 Å². The molecule has 0 unspecified atom stereocenters. The van der Waals surface area contributed by atoms with Crippen molar-refractivity contribution in [3.8, 4) is 0 Å². The zero-order valence-corrected chi connectivity index (χ0v) is 10.8. The van der Waals surface area contributed by atoms with E-state index in [0.717, 1.165) is 13.2 Å². The van der Waals surface area contributed by atoms with Gasteiger partial charge >= 0.3 is 0 Å². The lowest BCUT2D eigenvalue weighted by Crippen LogP contribution is -1.90. The second-order valence-corrected chi connectivity index (χ2v) is 3.80. The second kappa shape index (κ2) is 14.1. The van der Waals surface area contributed by atoms with E-state index in [4.69, 9.17) is 9.47 Å². The van der Waals surface area contributed by atoms with Crippen LogP contribution in [0, 0.1) is 0 Å². The molecule has 0 atom stereocenters. The first-order chi connectivity index (χ1) is 7.91. The minimum atomic E-state index is 0.856. The maximum atomic E-state index is 5.25. The van der Waals surface area contributed by atoms with Gasteiger partial charge in [0, 0.05) is 0 Å². The smallest absolute Gasteiger partial charge is 0.0873 e. The molecule has 0 saturated carbocycles. The lowest BCUT2D eigenvalue weighted by molar-refractivity contribution is 0.235. The standard InChI is InChI=1S/C14H26O2/c1-3-11-15-13-9-7-5-6-8-10-14-16-12-4-2/h3-4,11-12H,5-10,13-14H2,1-2H3. The van der Waals surface area contributed by atoms with Crippen molar-refractivity contribution >= 4 is 0 Å². The summed E-state index contributed by atoms with van der Waals surface area (Å²) in [5.74, 6) is 0. The van der Waals surface area contributed by atoms with E-state index in [9.17, 15) is 0 Å². The molecule has 0 aromatic rings. The van der Waals surface area contributed by atoms with Crippen molar-refractivity contribution in [2.24, 2.45) is 0 Å². The maximum Gasteiger partial charge on any atom is 0.0873 e. The van der Waals surface area contributed by atoms with Gasteiger partial charge in [0.1, 0.15) is 0 Å². The van der Waals surface area contributed by atoms with Crippen molar-refractivity contribution < 1.29 is 9.47 Å². The summed E-state index contributed by atoms with van der Waals surface area (Å²) < 4.78 is 10.5. The van der Waals surface area contributed by atoms with Crippen LogP contribution in [0.15, 0.2) is 24.7 Å². The minimum Gasteiger partial charge on any atom is -0.502 e. The number of rotatable bonds is 11. The lowest BCUT2D eigenvalue weighted by atomic mass is 10.1. The molecule has 0 spiro atoms. The van der Waals surface area contributed by atoms with E-state index in [1.165, 1.54) is 38.5 Å². The van der Waals surface area contributed by atoms with E-state index >= 15 is 0 Å². The summed E-state index contributed by atoms with van der Waals surface area (Å²) in [7, 11) is 0. The van der Waals surface area contributed by atoms with Crippen LogP contribution in [0.2, 0.25) is 0 Å². The van der Waals surface area contributed by atoms with Crippen LogP contribution in [0.5, 0.6) is 0 Å². The van der Waals surface area contributed by atoms with Crippen molar-refractivity contribution in [2.75, 3.05) is 13.2 Å². The molecule has 94 valence electrons. The lowest BCUT2D eigenvalue weighted by Gasteiger charge is -2.02. The highest BCUT2D eigenvalue weighted by Crippen LogP contribution is 2.05. The molecule has 2 nitrogen and oxygen atoms in total. The van der Waals surface area contributed by atoms with E-state index in [0.29, 0.717) is 0 Å². The molecule has 0 fully saturated rings. The molecule has 0 N–H and O–H groups in total.